The molecule has 2 atom stereocenters. The number of nitrogens with zero attached hydrogens (tertiary/aromatic N) is 1. The van der Waals surface area contributed by atoms with Gasteiger partial charge in [0.25, 0.3) is 5.78 Å². The van der Waals surface area contributed by atoms with E-state index in [1.54, 1.807) is 4.90 Å². The number of hydrogen-bond donors (Lipinski definition) is 1. The van der Waals surface area contributed by atoms with Crippen molar-refractivity contribution in [2.75, 3.05) is 24.7 Å². The Bertz CT molecular complexity index is 637. The van der Waals surface area contributed by atoms with Crippen LogP contribution in [0.1, 0.15) is 29.8 Å². The average molecular weight is 368 g/mol. The van der Waals surface area contributed by atoms with Gasteiger partial charge in [0.05, 0.1) is 11.3 Å². The van der Waals surface area contributed by atoms with Gasteiger partial charge in [-0.3, -0.25) is 14.5 Å². The minimum absolute atomic E-state index is 0.163. The van der Waals surface area contributed by atoms with Gasteiger partial charge in [0, 0.05) is 4.47 Å². The smallest absolute Gasteiger partial charge is 0.303 e. The van der Waals surface area contributed by atoms with E-state index in [-0.39, 0.29) is 12.2 Å². The summed E-state index contributed by atoms with van der Waals surface area (Å²) in [5.41, 5.74) is 2.17. The number of morpholine rings is 1. The highest BCUT2D eigenvalue weighted by Crippen LogP contribution is 2.35. The van der Waals surface area contributed by atoms with Crippen LogP contribution in [-0.2, 0) is 9.53 Å². The Morgan fingerprint density at radius 2 is 1.91 bits per heavy atom. The summed E-state index contributed by atoms with van der Waals surface area (Å²) in [6.45, 7) is 8.18. The van der Waals surface area contributed by atoms with Crippen molar-refractivity contribution in [3.8, 4) is 0 Å². The minimum atomic E-state index is -0.430. The normalized spacial score (nSPS) is 28.2. The maximum Gasteiger partial charge on any atom is 0.303 e. The number of nitrogens with one attached hydrogen (secondary N) is 1. The Morgan fingerprint density at radius 1 is 1.27 bits per heavy atom. The third-order valence-corrected chi connectivity index (χ3v) is 5.29. The molecule has 1 saturated heterocycles. The molecule has 3 rings (SSSR count). The third-order valence-electron chi connectivity index (χ3n) is 4.27. The number of ether oxygens (including phenoxy) is 1. The molecule has 0 aromatic heterocycles. The molecule has 22 heavy (non-hydrogen) atoms. The summed E-state index contributed by atoms with van der Waals surface area (Å²) in [6, 6.07) is 3.80. The molecule has 0 radical (unpaired) electrons. The van der Waals surface area contributed by atoms with Gasteiger partial charge < -0.3 is 9.64 Å². The van der Waals surface area contributed by atoms with Crippen LogP contribution in [0, 0.1) is 6.92 Å². The summed E-state index contributed by atoms with van der Waals surface area (Å²) in [6.07, 6.45) is 0.327. The second kappa shape index (κ2) is 5.76. The first kappa shape index (κ1) is 15.6. The molecule has 1 fully saturated rings. The van der Waals surface area contributed by atoms with E-state index < -0.39 is 11.7 Å². The highest BCUT2D eigenvalue weighted by molar-refractivity contribution is 9.10. The number of amides is 1. The molecule has 2 heterocycles. The Labute approximate surface area is 138 Å². The van der Waals surface area contributed by atoms with Gasteiger partial charge in [-0.15, -0.1) is 0 Å². The fraction of sp³-hybridized carbons (Fsp3) is 0.500. The van der Waals surface area contributed by atoms with Crippen LogP contribution in [0.4, 0.5) is 5.69 Å². The van der Waals surface area contributed by atoms with Gasteiger partial charge in [0.1, 0.15) is 25.3 Å². The van der Waals surface area contributed by atoms with Crippen LogP contribution in [0.2, 0.25) is 0 Å². The number of rotatable bonds is 2. The predicted octanol–water partition coefficient (Wildman–Crippen LogP) is 0.936. The molecule has 1 amide bonds. The molecule has 6 heteroatoms. The number of aryl methyl sites for hydroxylation is 1. The lowest BCUT2D eigenvalue weighted by molar-refractivity contribution is -0.913. The van der Waals surface area contributed by atoms with Crippen molar-refractivity contribution in [2.45, 2.75) is 33.0 Å². The first-order valence-corrected chi connectivity index (χ1v) is 8.32. The van der Waals surface area contributed by atoms with E-state index in [9.17, 15) is 9.59 Å². The second-order valence-electron chi connectivity index (χ2n) is 6.23. The number of quaternary nitrogens is 1. The van der Waals surface area contributed by atoms with Crippen molar-refractivity contribution < 1.29 is 19.2 Å². The van der Waals surface area contributed by atoms with Crippen LogP contribution >= 0.6 is 15.9 Å². The molecule has 0 spiro atoms. The number of ketones is 1. The van der Waals surface area contributed by atoms with Gasteiger partial charge in [-0.25, -0.2) is 0 Å². The van der Waals surface area contributed by atoms with Crippen molar-refractivity contribution in [1.82, 2.24) is 0 Å². The monoisotopic (exact) mass is 367 g/mol. The summed E-state index contributed by atoms with van der Waals surface area (Å²) in [4.78, 5) is 27.5. The summed E-state index contributed by atoms with van der Waals surface area (Å²) < 4.78 is 6.46. The predicted molar refractivity (Wildman–Crippen MR) is 86.3 cm³/mol. The van der Waals surface area contributed by atoms with Crippen molar-refractivity contribution in [2.24, 2.45) is 0 Å². The van der Waals surface area contributed by atoms with Crippen LogP contribution in [-0.4, -0.2) is 43.7 Å². The lowest BCUT2D eigenvalue weighted by Gasteiger charge is -2.34. The summed E-state index contributed by atoms with van der Waals surface area (Å²) in [5.74, 6) is -0.847. The SMILES string of the molecule is Cc1ccc2c(c1Br)C(=O)C(=O)N2C[NH+]1C[C@H](C)O[C@@H](C)C1. The van der Waals surface area contributed by atoms with E-state index in [1.807, 2.05) is 32.9 Å². The van der Waals surface area contributed by atoms with Crippen molar-refractivity contribution in [1.29, 1.82) is 0 Å². The van der Waals surface area contributed by atoms with Crippen molar-refractivity contribution in [3.05, 3.63) is 27.7 Å². The van der Waals surface area contributed by atoms with E-state index >= 15 is 0 Å². The van der Waals surface area contributed by atoms with Gasteiger partial charge in [0.15, 0.2) is 6.67 Å². The molecule has 2 aliphatic rings. The Hall–Kier alpha value is -1.24. The van der Waals surface area contributed by atoms with E-state index in [1.165, 1.54) is 4.90 Å². The van der Waals surface area contributed by atoms with Gasteiger partial charge in [-0.2, -0.15) is 0 Å². The zero-order valence-corrected chi connectivity index (χ0v) is 14.6. The van der Waals surface area contributed by atoms with Crippen LogP contribution in [0.5, 0.6) is 0 Å². The van der Waals surface area contributed by atoms with Crippen molar-refractivity contribution >= 4 is 33.3 Å². The highest BCUT2D eigenvalue weighted by atomic mass is 79.9. The lowest BCUT2D eigenvalue weighted by atomic mass is 10.1. The average Bonchev–Trinajstić information content (AvgIpc) is 2.67. The third kappa shape index (κ3) is 2.59. The highest BCUT2D eigenvalue weighted by Gasteiger charge is 2.40. The molecule has 1 N–H and O–H groups in total. The Kier molecular flexibility index (Phi) is 4.09. The zero-order valence-electron chi connectivity index (χ0n) is 13.0. The number of fused-ring (bicyclic) bond motifs is 1. The van der Waals surface area contributed by atoms with Crippen LogP contribution in [0.3, 0.4) is 0 Å². The fourth-order valence-corrected chi connectivity index (χ4v) is 3.86. The van der Waals surface area contributed by atoms with Gasteiger partial charge >= 0.3 is 5.91 Å². The second-order valence-corrected chi connectivity index (χ2v) is 7.02. The molecule has 5 nitrogen and oxygen atoms in total. The minimum Gasteiger partial charge on any atom is -0.364 e. The first-order valence-electron chi connectivity index (χ1n) is 7.52. The number of hydrogen-bond acceptors (Lipinski definition) is 3. The van der Waals surface area contributed by atoms with Crippen LogP contribution in [0.15, 0.2) is 16.6 Å². The molecular weight excluding hydrogens is 348 g/mol. The largest absolute Gasteiger partial charge is 0.364 e. The Balaban J connectivity index is 1.89. The topological polar surface area (TPSA) is 51.0 Å². The molecule has 0 aliphatic carbocycles. The van der Waals surface area contributed by atoms with Crippen LogP contribution in [0.25, 0.3) is 0 Å². The molecule has 2 aliphatic heterocycles. The molecule has 0 saturated carbocycles. The molecule has 0 unspecified atom stereocenters. The number of benzene rings is 1. The van der Waals surface area contributed by atoms with Crippen molar-refractivity contribution in [3.63, 3.8) is 0 Å². The maximum absolute atomic E-state index is 12.4. The van der Waals surface area contributed by atoms with Crippen LogP contribution < -0.4 is 9.80 Å². The van der Waals surface area contributed by atoms with Gasteiger partial charge in [-0.1, -0.05) is 6.07 Å². The van der Waals surface area contributed by atoms with Gasteiger partial charge in [-0.05, 0) is 48.3 Å². The Morgan fingerprint density at radius 3 is 2.55 bits per heavy atom. The fourth-order valence-electron chi connectivity index (χ4n) is 3.35. The van der Waals surface area contributed by atoms with E-state index in [4.69, 9.17) is 4.74 Å². The molecule has 118 valence electrons. The molecule has 0 bridgehead atoms. The van der Waals surface area contributed by atoms with E-state index in [2.05, 4.69) is 15.9 Å². The molecular formula is C16H20BrN2O3+. The number of carbonyl (C=O) groups excluding carboxylic acids is 2. The van der Waals surface area contributed by atoms with E-state index in [0.29, 0.717) is 17.9 Å². The first-order chi connectivity index (χ1) is 10.4. The summed E-state index contributed by atoms with van der Waals surface area (Å²) >= 11 is 3.44. The summed E-state index contributed by atoms with van der Waals surface area (Å²) in [7, 11) is 0. The van der Waals surface area contributed by atoms with Gasteiger partial charge in [0.2, 0.25) is 0 Å². The number of Topliss-reactive ketones (excluding diaryl/α,β-unsaturated/α-hetero) is 1. The standard InChI is InChI=1S/C16H19BrN2O3/c1-9-4-5-12-13(14(9)17)15(20)16(21)19(12)8-18-6-10(2)22-11(3)7-18/h4-5,10-11H,6-8H2,1-3H3/p+1/t10-,11-/m0/s1. The lowest BCUT2D eigenvalue weighted by Crippen LogP contribution is -3.17. The van der Waals surface area contributed by atoms with E-state index in [0.717, 1.165) is 23.1 Å². The number of halogens is 1. The maximum atomic E-state index is 12.4. The summed E-state index contributed by atoms with van der Waals surface area (Å²) in [5, 5.41) is 0. The molecule has 1 aromatic rings. The zero-order chi connectivity index (χ0) is 16.0. The molecule has 1 aromatic carbocycles. The number of carbonyl (C=O) groups is 2. The number of anilines is 1. The quantitative estimate of drug-likeness (QED) is 0.791.